The number of nitrogens with zero attached hydrogens (tertiary/aromatic N) is 2. The Labute approximate surface area is 232 Å². The van der Waals surface area contributed by atoms with Gasteiger partial charge in [-0.1, -0.05) is 74.0 Å². The van der Waals surface area contributed by atoms with E-state index in [0.29, 0.717) is 18.7 Å². The Hall–Kier alpha value is -3.65. The van der Waals surface area contributed by atoms with Crippen LogP contribution in [0, 0.1) is 20.8 Å². The standard InChI is InChI=1S/C31H39N3O4S/c1-6-19-32-31(36)28(7-2)33(21-26-17-14-23(3)15-18-26)30(35)22-34(29-20-24(4)13-16-25(29)5)39(37,38)27-11-9-8-10-12-27/h8-18,20,28H,6-7,19,21-22H2,1-5H3,(H,32,36)/t28-/m1/s1. The Morgan fingerprint density at radius 2 is 1.51 bits per heavy atom. The van der Waals surface area contributed by atoms with Crippen molar-refractivity contribution in [2.75, 3.05) is 17.4 Å². The summed E-state index contributed by atoms with van der Waals surface area (Å²) in [6.07, 6.45) is 1.16. The molecule has 0 unspecified atom stereocenters. The van der Waals surface area contributed by atoms with Crippen molar-refractivity contribution in [2.24, 2.45) is 0 Å². The van der Waals surface area contributed by atoms with Crippen molar-refractivity contribution in [1.29, 1.82) is 0 Å². The minimum atomic E-state index is -4.08. The summed E-state index contributed by atoms with van der Waals surface area (Å²) in [7, 11) is -4.08. The van der Waals surface area contributed by atoms with Crippen molar-refractivity contribution in [3.8, 4) is 0 Å². The van der Waals surface area contributed by atoms with Crippen LogP contribution in [0.1, 0.15) is 48.9 Å². The van der Waals surface area contributed by atoms with Gasteiger partial charge in [0.25, 0.3) is 10.0 Å². The quantitative estimate of drug-likeness (QED) is 0.339. The highest BCUT2D eigenvalue weighted by molar-refractivity contribution is 7.92. The fourth-order valence-electron chi connectivity index (χ4n) is 4.40. The molecule has 0 spiro atoms. The maximum Gasteiger partial charge on any atom is 0.264 e. The number of benzene rings is 3. The smallest absolute Gasteiger partial charge is 0.264 e. The van der Waals surface area contributed by atoms with Gasteiger partial charge in [0, 0.05) is 13.1 Å². The van der Waals surface area contributed by atoms with Gasteiger partial charge in [-0.2, -0.15) is 0 Å². The van der Waals surface area contributed by atoms with Crippen LogP contribution in [0.3, 0.4) is 0 Å². The summed E-state index contributed by atoms with van der Waals surface area (Å²) >= 11 is 0. The number of hydrogen-bond donors (Lipinski definition) is 1. The van der Waals surface area contributed by atoms with Crippen LogP contribution >= 0.6 is 0 Å². The van der Waals surface area contributed by atoms with Gasteiger partial charge in [-0.25, -0.2) is 8.42 Å². The van der Waals surface area contributed by atoms with Gasteiger partial charge in [0.1, 0.15) is 12.6 Å². The average molecular weight is 550 g/mol. The molecule has 0 aromatic heterocycles. The lowest BCUT2D eigenvalue weighted by Gasteiger charge is -2.33. The third-order valence-electron chi connectivity index (χ3n) is 6.65. The summed E-state index contributed by atoms with van der Waals surface area (Å²) in [5.41, 5.74) is 3.98. The molecule has 2 amide bonds. The second-order valence-electron chi connectivity index (χ2n) is 9.84. The maximum atomic E-state index is 14.1. The van der Waals surface area contributed by atoms with Crippen LogP contribution < -0.4 is 9.62 Å². The summed E-state index contributed by atoms with van der Waals surface area (Å²) in [6.45, 7) is 9.75. The molecule has 0 saturated heterocycles. The molecule has 0 aliphatic heterocycles. The molecule has 0 fully saturated rings. The number of carbonyl (C=O) groups excluding carboxylic acids is 2. The van der Waals surface area contributed by atoms with Gasteiger partial charge in [0.15, 0.2) is 0 Å². The van der Waals surface area contributed by atoms with Crippen molar-refractivity contribution >= 4 is 27.5 Å². The lowest BCUT2D eigenvalue weighted by Crippen LogP contribution is -2.52. The second-order valence-corrected chi connectivity index (χ2v) is 11.7. The first-order valence-corrected chi connectivity index (χ1v) is 14.8. The van der Waals surface area contributed by atoms with E-state index in [2.05, 4.69) is 5.32 Å². The van der Waals surface area contributed by atoms with E-state index >= 15 is 0 Å². The number of amides is 2. The molecule has 0 heterocycles. The number of nitrogens with one attached hydrogen (secondary N) is 1. The Morgan fingerprint density at radius 3 is 2.13 bits per heavy atom. The van der Waals surface area contributed by atoms with E-state index in [0.717, 1.165) is 28.7 Å². The first-order valence-electron chi connectivity index (χ1n) is 13.4. The normalized spacial score (nSPS) is 12.0. The third-order valence-corrected chi connectivity index (χ3v) is 8.43. The van der Waals surface area contributed by atoms with Crippen LogP contribution in [-0.4, -0.2) is 44.3 Å². The van der Waals surface area contributed by atoms with E-state index in [1.807, 2.05) is 71.0 Å². The Balaban J connectivity index is 2.07. The van der Waals surface area contributed by atoms with Crippen molar-refractivity contribution in [2.45, 2.75) is 64.9 Å². The van der Waals surface area contributed by atoms with Crippen LogP contribution in [-0.2, 0) is 26.2 Å². The van der Waals surface area contributed by atoms with Crippen molar-refractivity contribution in [3.63, 3.8) is 0 Å². The number of rotatable bonds is 12. The fourth-order valence-corrected chi connectivity index (χ4v) is 5.89. The molecule has 8 heteroatoms. The molecule has 3 rings (SSSR count). The fraction of sp³-hybridized carbons (Fsp3) is 0.355. The molecular formula is C31H39N3O4S. The summed E-state index contributed by atoms with van der Waals surface area (Å²) in [5.74, 6) is -0.696. The van der Waals surface area contributed by atoms with Crippen LogP contribution in [0.25, 0.3) is 0 Å². The van der Waals surface area contributed by atoms with Gasteiger partial charge in [-0.05, 0) is 68.5 Å². The van der Waals surface area contributed by atoms with E-state index in [9.17, 15) is 18.0 Å². The largest absolute Gasteiger partial charge is 0.354 e. The van der Waals surface area contributed by atoms with Gasteiger partial charge < -0.3 is 10.2 Å². The lowest BCUT2D eigenvalue weighted by atomic mass is 10.1. The zero-order chi connectivity index (χ0) is 28.6. The van der Waals surface area contributed by atoms with E-state index < -0.39 is 28.5 Å². The number of anilines is 1. The van der Waals surface area contributed by atoms with Crippen molar-refractivity contribution < 1.29 is 18.0 Å². The Kier molecular flexibility index (Phi) is 10.3. The van der Waals surface area contributed by atoms with E-state index in [1.54, 1.807) is 24.3 Å². The summed E-state index contributed by atoms with van der Waals surface area (Å²) in [5, 5.41) is 2.91. The van der Waals surface area contributed by atoms with Gasteiger partial charge in [0.05, 0.1) is 10.6 Å². The number of sulfonamides is 1. The lowest BCUT2D eigenvalue weighted by molar-refractivity contribution is -0.140. The first-order chi connectivity index (χ1) is 18.6. The van der Waals surface area contributed by atoms with Gasteiger partial charge in [0.2, 0.25) is 11.8 Å². The van der Waals surface area contributed by atoms with Crippen LogP contribution in [0.2, 0.25) is 0 Å². The molecule has 7 nitrogen and oxygen atoms in total. The molecule has 1 N–H and O–H groups in total. The Morgan fingerprint density at radius 1 is 0.872 bits per heavy atom. The molecule has 0 aliphatic rings. The highest BCUT2D eigenvalue weighted by Crippen LogP contribution is 2.28. The van der Waals surface area contributed by atoms with E-state index in [4.69, 9.17) is 0 Å². The summed E-state index contributed by atoms with van der Waals surface area (Å²) in [4.78, 5) is 28.9. The number of carbonyl (C=O) groups is 2. The second kappa shape index (κ2) is 13.4. The minimum absolute atomic E-state index is 0.0940. The molecule has 3 aromatic carbocycles. The predicted molar refractivity (Wildman–Crippen MR) is 156 cm³/mol. The van der Waals surface area contributed by atoms with Crippen LogP contribution in [0.5, 0.6) is 0 Å². The molecule has 39 heavy (non-hydrogen) atoms. The number of aryl methyl sites for hydroxylation is 3. The predicted octanol–water partition coefficient (Wildman–Crippen LogP) is 5.14. The first kappa shape index (κ1) is 29.9. The molecule has 0 bridgehead atoms. The zero-order valence-corrected chi connectivity index (χ0v) is 24.3. The molecule has 0 aliphatic carbocycles. The van der Waals surface area contributed by atoms with Gasteiger partial charge in [-0.15, -0.1) is 0 Å². The monoisotopic (exact) mass is 549 g/mol. The molecule has 208 valence electrons. The van der Waals surface area contributed by atoms with E-state index in [-0.39, 0.29) is 17.3 Å². The number of hydrogen-bond acceptors (Lipinski definition) is 4. The highest BCUT2D eigenvalue weighted by atomic mass is 32.2. The topological polar surface area (TPSA) is 86.8 Å². The van der Waals surface area contributed by atoms with Gasteiger partial charge >= 0.3 is 0 Å². The molecule has 1 atom stereocenters. The van der Waals surface area contributed by atoms with Crippen LogP contribution in [0.15, 0.2) is 77.7 Å². The SMILES string of the molecule is CCCNC(=O)[C@@H](CC)N(Cc1ccc(C)cc1)C(=O)CN(c1cc(C)ccc1C)S(=O)(=O)c1ccccc1. The summed E-state index contributed by atoms with van der Waals surface area (Å²) in [6, 6.07) is 20.7. The van der Waals surface area contributed by atoms with Gasteiger partial charge in [-0.3, -0.25) is 13.9 Å². The average Bonchev–Trinajstić information content (AvgIpc) is 2.93. The Bertz CT molecular complexity index is 1370. The van der Waals surface area contributed by atoms with Crippen molar-refractivity contribution in [3.05, 3.63) is 95.1 Å². The molecule has 3 aromatic rings. The van der Waals surface area contributed by atoms with Crippen molar-refractivity contribution in [1.82, 2.24) is 10.2 Å². The minimum Gasteiger partial charge on any atom is -0.354 e. The molecular weight excluding hydrogens is 510 g/mol. The molecule has 0 saturated carbocycles. The third kappa shape index (κ3) is 7.47. The van der Waals surface area contributed by atoms with E-state index in [1.165, 1.54) is 21.3 Å². The summed E-state index contributed by atoms with van der Waals surface area (Å²) < 4.78 is 29.1. The van der Waals surface area contributed by atoms with Crippen LogP contribution in [0.4, 0.5) is 5.69 Å². The zero-order valence-electron chi connectivity index (χ0n) is 23.5. The maximum absolute atomic E-state index is 14.1. The molecule has 0 radical (unpaired) electrons. The highest BCUT2D eigenvalue weighted by Gasteiger charge is 2.34.